The van der Waals surface area contributed by atoms with E-state index in [1.165, 1.54) is 12.1 Å². The van der Waals surface area contributed by atoms with Crippen LogP contribution >= 0.6 is 0 Å². The lowest BCUT2D eigenvalue weighted by Gasteiger charge is -2.31. The molecule has 25 heavy (non-hydrogen) atoms. The third kappa shape index (κ3) is 2.44. The molecule has 5 rings (SSSR count). The first-order chi connectivity index (χ1) is 12.2. The van der Waals surface area contributed by atoms with Crippen LogP contribution in [0.4, 0.5) is 4.39 Å². The molecule has 0 aliphatic heterocycles. The van der Waals surface area contributed by atoms with E-state index in [2.05, 4.69) is 10.1 Å². The first-order valence-electron chi connectivity index (χ1n) is 8.12. The second-order valence-corrected chi connectivity index (χ2v) is 6.35. The summed E-state index contributed by atoms with van der Waals surface area (Å²) in [4.78, 5) is 4.34. The number of furan rings is 1. The van der Waals surface area contributed by atoms with Gasteiger partial charge in [-0.15, -0.1) is 5.10 Å². The zero-order valence-electron chi connectivity index (χ0n) is 13.2. The summed E-state index contributed by atoms with van der Waals surface area (Å²) >= 11 is 0. The number of rotatable bonds is 3. The van der Waals surface area contributed by atoms with Crippen LogP contribution in [0, 0.1) is 5.82 Å². The summed E-state index contributed by atoms with van der Waals surface area (Å²) in [5.41, 5.74) is 7.77. The predicted octanol–water partition coefficient (Wildman–Crippen LogP) is 3.15. The Bertz CT molecular complexity index is 1080. The highest BCUT2D eigenvalue weighted by molar-refractivity contribution is 5.82. The van der Waals surface area contributed by atoms with Crippen molar-refractivity contribution in [3.63, 3.8) is 0 Å². The molecule has 1 saturated carbocycles. The number of ether oxygens (including phenoxy) is 1. The molecular weight excluding hydrogens is 323 g/mol. The van der Waals surface area contributed by atoms with Crippen molar-refractivity contribution >= 4 is 16.6 Å². The Kier molecular flexibility index (Phi) is 3.05. The number of benzene rings is 1. The van der Waals surface area contributed by atoms with Crippen molar-refractivity contribution in [2.45, 2.75) is 25.0 Å². The molecule has 3 aromatic heterocycles. The van der Waals surface area contributed by atoms with Gasteiger partial charge in [0.2, 0.25) is 5.88 Å². The van der Waals surface area contributed by atoms with E-state index >= 15 is 0 Å². The van der Waals surface area contributed by atoms with Crippen LogP contribution in [0.1, 0.15) is 12.8 Å². The Morgan fingerprint density at radius 1 is 1.20 bits per heavy atom. The highest BCUT2D eigenvalue weighted by Crippen LogP contribution is 2.29. The predicted molar refractivity (Wildman–Crippen MR) is 89.8 cm³/mol. The molecule has 0 saturated heterocycles. The molecule has 1 aliphatic rings. The normalized spacial score (nSPS) is 20.1. The van der Waals surface area contributed by atoms with Crippen LogP contribution in [0.3, 0.4) is 0 Å². The van der Waals surface area contributed by atoms with E-state index in [9.17, 15) is 4.39 Å². The molecule has 4 aromatic rings. The van der Waals surface area contributed by atoms with Crippen LogP contribution in [0.5, 0.6) is 5.88 Å². The van der Waals surface area contributed by atoms with E-state index in [0.29, 0.717) is 34.0 Å². The molecule has 2 N–H and O–H groups in total. The third-order valence-electron chi connectivity index (χ3n) is 4.49. The smallest absolute Gasteiger partial charge is 0.232 e. The van der Waals surface area contributed by atoms with Crippen molar-refractivity contribution < 1.29 is 13.5 Å². The maximum Gasteiger partial charge on any atom is 0.232 e. The zero-order valence-corrected chi connectivity index (χ0v) is 13.2. The van der Waals surface area contributed by atoms with Gasteiger partial charge in [0, 0.05) is 17.5 Å². The summed E-state index contributed by atoms with van der Waals surface area (Å²) in [7, 11) is 0. The van der Waals surface area contributed by atoms with Gasteiger partial charge in [-0.25, -0.2) is 13.9 Å². The van der Waals surface area contributed by atoms with Gasteiger partial charge in [0.25, 0.3) is 0 Å². The molecule has 1 fully saturated rings. The van der Waals surface area contributed by atoms with Gasteiger partial charge in [0.1, 0.15) is 23.2 Å². The van der Waals surface area contributed by atoms with E-state index in [1.807, 2.05) is 6.07 Å². The highest BCUT2D eigenvalue weighted by Gasteiger charge is 2.28. The number of imidazole rings is 1. The maximum atomic E-state index is 13.4. The van der Waals surface area contributed by atoms with Crippen molar-refractivity contribution in [3.05, 3.63) is 48.4 Å². The van der Waals surface area contributed by atoms with Crippen molar-refractivity contribution in [1.82, 2.24) is 14.6 Å². The van der Waals surface area contributed by atoms with Crippen molar-refractivity contribution in [3.8, 4) is 17.3 Å². The van der Waals surface area contributed by atoms with Crippen molar-refractivity contribution in [2.75, 3.05) is 0 Å². The van der Waals surface area contributed by atoms with Gasteiger partial charge in [0.15, 0.2) is 11.4 Å². The van der Waals surface area contributed by atoms with Gasteiger partial charge in [-0.2, -0.15) is 0 Å². The minimum Gasteiger partial charge on any atom is -0.473 e. The average Bonchev–Trinajstić information content (AvgIpc) is 3.16. The van der Waals surface area contributed by atoms with Crippen LogP contribution in [0.2, 0.25) is 0 Å². The summed E-state index contributed by atoms with van der Waals surface area (Å²) < 4.78 is 26.7. The van der Waals surface area contributed by atoms with E-state index in [-0.39, 0.29) is 18.0 Å². The van der Waals surface area contributed by atoms with Crippen LogP contribution in [-0.4, -0.2) is 26.7 Å². The van der Waals surface area contributed by atoms with Gasteiger partial charge in [-0.3, -0.25) is 0 Å². The van der Waals surface area contributed by atoms with Crippen LogP contribution < -0.4 is 10.5 Å². The number of aromatic nitrogens is 3. The largest absolute Gasteiger partial charge is 0.473 e. The highest BCUT2D eigenvalue weighted by atomic mass is 19.1. The summed E-state index contributed by atoms with van der Waals surface area (Å²) in [6.45, 7) is 0. The summed E-state index contributed by atoms with van der Waals surface area (Å²) in [5, 5.41) is 5.20. The summed E-state index contributed by atoms with van der Waals surface area (Å²) in [5.74, 6) is 0.791. The zero-order chi connectivity index (χ0) is 17.0. The Labute approximate surface area is 142 Å². The molecule has 0 bridgehead atoms. The number of halogens is 1. The number of nitrogens with zero attached hydrogens (tertiary/aromatic N) is 3. The molecular formula is C18H15FN4O2. The fraction of sp³-hybridized carbons (Fsp3) is 0.222. The monoisotopic (exact) mass is 338 g/mol. The molecule has 126 valence electrons. The van der Waals surface area contributed by atoms with Crippen LogP contribution in [0.25, 0.3) is 28.1 Å². The SMILES string of the molecule is N[C@H]1C[C@H](Oc2ccc3ncc(-c4cc5cc(F)ccc5o4)n3n2)C1. The molecule has 1 aromatic carbocycles. The number of hydrogen-bond acceptors (Lipinski definition) is 5. The third-order valence-corrected chi connectivity index (χ3v) is 4.49. The first-order valence-corrected chi connectivity index (χ1v) is 8.12. The van der Waals surface area contributed by atoms with Gasteiger partial charge in [0.05, 0.1) is 6.20 Å². The minimum atomic E-state index is -0.300. The fourth-order valence-corrected chi connectivity index (χ4v) is 3.10. The number of fused-ring (bicyclic) bond motifs is 2. The quantitative estimate of drug-likeness (QED) is 0.621. The molecule has 3 heterocycles. The molecule has 7 heteroatoms. The first kappa shape index (κ1) is 14.4. The fourth-order valence-electron chi connectivity index (χ4n) is 3.10. The molecule has 0 amide bonds. The standard InChI is InChI=1S/C18H15FN4O2/c19-11-1-2-15-10(5-11)6-16(25-15)14-9-21-17-3-4-18(22-23(14)17)24-13-7-12(20)8-13/h1-6,9,12-13H,7-8,20H2/t12-,13-. The molecule has 0 atom stereocenters. The molecule has 0 spiro atoms. The van der Waals surface area contributed by atoms with Gasteiger partial charge in [-0.05, 0) is 43.2 Å². The van der Waals surface area contributed by atoms with Crippen molar-refractivity contribution in [2.24, 2.45) is 5.73 Å². The van der Waals surface area contributed by atoms with Crippen LogP contribution in [-0.2, 0) is 0 Å². The van der Waals surface area contributed by atoms with E-state index < -0.39 is 0 Å². The second-order valence-electron chi connectivity index (χ2n) is 6.35. The number of nitrogens with two attached hydrogens (primary N) is 1. The lowest BCUT2D eigenvalue weighted by Crippen LogP contribution is -2.43. The van der Waals surface area contributed by atoms with Gasteiger partial charge in [-0.1, -0.05) is 0 Å². The summed E-state index contributed by atoms with van der Waals surface area (Å²) in [6, 6.07) is 10.1. The Balaban J connectivity index is 1.55. The Morgan fingerprint density at radius 2 is 2.08 bits per heavy atom. The van der Waals surface area contributed by atoms with Crippen molar-refractivity contribution in [1.29, 1.82) is 0 Å². The maximum absolute atomic E-state index is 13.4. The molecule has 0 unspecified atom stereocenters. The lowest BCUT2D eigenvalue weighted by molar-refractivity contribution is 0.0944. The Hall–Kier alpha value is -2.93. The van der Waals surface area contributed by atoms with Crippen LogP contribution in [0.15, 0.2) is 47.0 Å². The van der Waals surface area contributed by atoms with Gasteiger partial charge < -0.3 is 14.9 Å². The topological polar surface area (TPSA) is 78.6 Å². The number of hydrogen-bond donors (Lipinski definition) is 1. The summed E-state index contributed by atoms with van der Waals surface area (Å²) in [6.07, 6.45) is 3.47. The average molecular weight is 338 g/mol. The second kappa shape index (κ2) is 5.29. The molecule has 6 nitrogen and oxygen atoms in total. The van der Waals surface area contributed by atoms with Gasteiger partial charge >= 0.3 is 0 Å². The molecule has 0 radical (unpaired) electrons. The van der Waals surface area contributed by atoms with E-state index in [4.69, 9.17) is 14.9 Å². The molecule has 1 aliphatic carbocycles. The van der Waals surface area contributed by atoms with E-state index in [0.717, 1.165) is 12.8 Å². The lowest BCUT2D eigenvalue weighted by atomic mass is 9.90. The minimum absolute atomic E-state index is 0.112. The van der Waals surface area contributed by atoms with E-state index in [1.54, 1.807) is 28.9 Å². The Morgan fingerprint density at radius 3 is 2.92 bits per heavy atom.